The summed E-state index contributed by atoms with van der Waals surface area (Å²) in [6.07, 6.45) is 3.74. The molecule has 0 unspecified atom stereocenters. The summed E-state index contributed by atoms with van der Waals surface area (Å²) in [5.74, 6) is -0.250. The highest BCUT2D eigenvalue weighted by molar-refractivity contribution is 7.16. The van der Waals surface area contributed by atoms with Gasteiger partial charge in [-0.25, -0.2) is 9.67 Å². The third kappa shape index (κ3) is 2.95. The van der Waals surface area contributed by atoms with E-state index in [2.05, 4.69) is 25.9 Å². The lowest BCUT2D eigenvalue weighted by atomic mass is 10.1. The molecule has 2 aromatic heterocycles. The van der Waals surface area contributed by atoms with E-state index in [-0.39, 0.29) is 5.91 Å². The Balaban J connectivity index is 1.49. The lowest BCUT2D eigenvalue weighted by Crippen LogP contribution is -2.29. The molecular formula is C15H16N6OS. The zero-order chi connectivity index (χ0) is 15.6. The maximum atomic E-state index is 12.3. The number of anilines is 1. The molecule has 0 saturated carbocycles. The van der Waals surface area contributed by atoms with E-state index in [0.717, 1.165) is 36.1 Å². The van der Waals surface area contributed by atoms with Gasteiger partial charge in [0, 0.05) is 5.69 Å². The van der Waals surface area contributed by atoms with Gasteiger partial charge in [-0.1, -0.05) is 5.21 Å². The van der Waals surface area contributed by atoms with E-state index in [9.17, 15) is 4.79 Å². The minimum absolute atomic E-state index is 0.250. The van der Waals surface area contributed by atoms with Gasteiger partial charge in [-0.05, 0) is 44.1 Å². The molecule has 1 aliphatic heterocycles. The van der Waals surface area contributed by atoms with Crippen molar-refractivity contribution in [3.05, 3.63) is 35.6 Å². The molecule has 7 nitrogen and oxygen atoms in total. The molecule has 0 bridgehead atoms. The third-order valence-corrected chi connectivity index (χ3v) is 4.82. The second-order valence-corrected chi connectivity index (χ2v) is 6.44. The molecule has 8 heteroatoms. The summed E-state index contributed by atoms with van der Waals surface area (Å²) >= 11 is 1.58. The Morgan fingerprint density at radius 2 is 2.22 bits per heavy atom. The van der Waals surface area contributed by atoms with E-state index in [1.165, 1.54) is 0 Å². The fraction of sp³-hybridized carbons (Fsp3) is 0.333. The van der Waals surface area contributed by atoms with Gasteiger partial charge in [0.15, 0.2) is 5.69 Å². The summed E-state index contributed by atoms with van der Waals surface area (Å²) in [6, 6.07) is 6.00. The van der Waals surface area contributed by atoms with Crippen molar-refractivity contribution >= 4 is 33.1 Å². The zero-order valence-corrected chi connectivity index (χ0v) is 13.2. The maximum Gasteiger partial charge on any atom is 0.277 e. The van der Waals surface area contributed by atoms with E-state index in [0.29, 0.717) is 17.4 Å². The number of nitrogens with zero attached hydrogens (tertiary/aromatic N) is 4. The van der Waals surface area contributed by atoms with E-state index in [1.54, 1.807) is 27.7 Å². The summed E-state index contributed by atoms with van der Waals surface area (Å²) in [4.78, 5) is 16.6. The summed E-state index contributed by atoms with van der Waals surface area (Å²) in [5, 5.41) is 14.3. The number of amides is 1. The molecule has 3 heterocycles. The molecule has 1 aliphatic rings. The molecule has 0 atom stereocenters. The van der Waals surface area contributed by atoms with Crippen LogP contribution in [0.4, 0.5) is 5.69 Å². The van der Waals surface area contributed by atoms with Crippen LogP contribution in [0.3, 0.4) is 0 Å². The second kappa shape index (κ2) is 6.05. The average Bonchev–Trinajstić information content (AvgIpc) is 3.24. The Morgan fingerprint density at radius 1 is 1.35 bits per heavy atom. The summed E-state index contributed by atoms with van der Waals surface area (Å²) < 4.78 is 2.90. The molecule has 1 aromatic carbocycles. The van der Waals surface area contributed by atoms with Crippen LogP contribution in [0.1, 0.15) is 29.4 Å². The highest BCUT2D eigenvalue weighted by atomic mass is 32.1. The number of hydrogen-bond donors (Lipinski definition) is 2. The molecule has 0 radical (unpaired) electrons. The quantitative estimate of drug-likeness (QED) is 0.769. The van der Waals surface area contributed by atoms with E-state index < -0.39 is 0 Å². The normalized spacial score (nSPS) is 15.8. The van der Waals surface area contributed by atoms with Crippen molar-refractivity contribution in [3.63, 3.8) is 0 Å². The maximum absolute atomic E-state index is 12.3. The van der Waals surface area contributed by atoms with Crippen molar-refractivity contribution in [2.45, 2.75) is 18.9 Å². The van der Waals surface area contributed by atoms with Crippen molar-refractivity contribution < 1.29 is 4.79 Å². The van der Waals surface area contributed by atoms with Crippen LogP contribution in [-0.2, 0) is 0 Å². The molecule has 118 valence electrons. The van der Waals surface area contributed by atoms with Crippen molar-refractivity contribution in [1.29, 1.82) is 0 Å². The number of fused-ring (bicyclic) bond motifs is 1. The SMILES string of the molecule is O=C(Nc1ccc2scnc2c1)c1cn(C2CCNCC2)nn1. The summed E-state index contributed by atoms with van der Waals surface area (Å²) in [6.45, 7) is 1.94. The van der Waals surface area contributed by atoms with Crippen LogP contribution < -0.4 is 10.6 Å². The molecule has 0 spiro atoms. The number of hydrogen-bond acceptors (Lipinski definition) is 6. The Morgan fingerprint density at radius 3 is 3.09 bits per heavy atom. The van der Waals surface area contributed by atoms with E-state index >= 15 is 0 Å². The number of aromatic nitrogens is 4. The van der Waals surface area contributed by atoms with Gasteiger partial charge >= 0.3 is 0 Å². The highest BCUT2D eigenvalue weighted by Gasteiger charge is 2.18. The minimum Gasteiger partial charge on any atom is -0.320 e. The van der Waals surface area contributed by atoms with Gasteiger partial charge in [0.2, 0.25) is 0 Å². The Bertz CT molecular complexity index is 835. The van der Waals surface area contributed by atoms with Gasteiger partial charge in [-0.3, -0.25) is 4.79 Å². The van der Waals surface area contributed by atoms with Crippen LogP contribution >= 0.6 is 11.3 Å². The first-order valence-electron chi connectivity index (χ1n) is 7.57. The van der Waals surface area contributed by atoms with Gasteiger partial charge < -0.3 is 10.6 Å². The monoisotopic (exact) mass is 328 g/mol. The lowest BCUT2D eigenvalue weighted by molar-refractivity contribution is 0.102. The van der Waals surface area contributed by atoms with Crippen LogP contribution in [-0.4, -0.2) is 39.0 Å². The Kier molecular flexibility index (Phi) is 3.76. The molecule has 1 fully saturated rings. The highest BCUT2D eigenvalue weighted by Crippen LogP contribution is 2.22. The fourth-order valence-corrected chi connectivity index (χ4v) is 3.42. The first-order valence-corrected chi connectivity index (χ1v) is 8.45. The van der Waals surface area contributed by atoms with Gasteiger partial charge in [0.25, 0.3) is 5.91 Å². The van der Waals surface area contributed by atoms with Crippen LogP contribution in [0.15, 0.2) is 29.9 Å². The first-order chi connectivity index (χ1) is 11.3. The fourth-order valence-electron chi connectivity index (χ4n) is 2.76. The predicted molar refractivity (Wildman–Crippen MR) is 88.7 cm³/mol. The van der Waals surface area contributed by atoms with Gasteiger partial charge in [-0.15, -0.1) is 16.4 Å². The topological polar surface area (TPSA) is 84.7 Å². The molecule has 0 aliphatic carbocycles. The first kappa shape index (κ1) is 14.3. The number of nitrogens with one attached hydrogen (secondary N) is 2. The van der Waals surface area contributed by atoms with Crippen molar-refractivity contribution in [2.24, 2.45) is 0 Å². The summed E-state index contributed by atoms with van der Waals surface area (Å²) in [5.41, 5.74) is 3.72. The van der Waals surface area contributed by atoms with Gasteiger partial charge in [-0.2, -0.15) is 0 Å². The van der Waals surface area contributed by atoms with Gasteiger partial charge in [0.05, 0.1) is 28.0 Å². The number of benzene rings is 1. The Hall–Kier alpha value is -2.32. The molecule has 3 aromatic rings. The zero-order valence-electron chi connectivity index (χ0n) is 12.4. The number of carbonyl (C=O) groups is 1. The van der Waals surface area contributed by atoms with Crippen molar-refractivity contribution in [1.82, 2.24) is 25.3 Å². The summed E-state index contributed by atoms with van der Waals surface area (Å²) in [7, 11) is 0. The lowest BCUT2D eigenvalue weighted by Gasteiger charge is -2.22. The van der Waals surface area contributed by atoms with Crippen LogP contribution in [0.2, 0.25) is 0 Å². The molecule has 1 saturated heterocycles. The van der Waals surface area contributed by atoms with Crippen molar-refractivity contribution in [2.75, 3.05) is 18.4 Å². The van der Waals surface area contributed by atoms with E-state index in [4.69, 9.17) is 0 Å². The number of rotatable bonds is 3. The van der Waals surface area contributed by atoms with Crippen LogP contribution in [0.25, 0.3) is 10.2 Å². The molecular weight excluding hydrogens is 312 g/mol. The molecule has 1 amide bonds. The molecule has 4 rings (SSSR count). The van der Waals surface area contributed by atoms with Crippen LogP contribution in [0.5, 0.6) is 0 Å². The minimum atomic E-state index is -0.250. The Labute approximate surface area is 136 Å². The standard InChI is InChI=1S/C15H16N6OS/c22-15(18-10-1-2-14-12(7-10)17-9-23-14)13-8-21(20-19-13)11-3-5-16-6-4-11/h1-2,7-9,11,16H,3-6H2,(H,18,22). The second-order valence-electron chi connectivity index (χ2n) is 5.55. The largest absolute Gasteiger partial charge is 0.320 e. The van der Waals surface area contributed by atoms with Crippen LogP contribution in [0, 0.1) is 0 Å². The smallest absolute Gasteiger partial charge is 0.277 e. The third-order valence-electron chi connectivity index (χ3n) is 4.01. The average molecular weight is 328 g/mol. The molecule has 2 N–H and O–H groups in total. The molecule has 23 heavy (non-hydrogen) atoms. The number of carbonyl (C=O) groups excluding carboxylic acids is 1. The number of piperidine rings is 1. The van der Waals surface area contributed by atoms with Crippen molar-refractivity contribution in [3.8, 4) is 0 Å². The predicted octanol–water partition coefficient (Wildman–Crippen LogP) is 2.06. The van der Waals surface area contributed by atoms with E-state index in [1.807, 2.05) is 18.2 Å². The van der Waals surface area contributed by atoms with Gasteiger partial charge in [0.1, 0.15) is 0 Å². The number of thiazole rings is 1.